The Morgan fingerprint density at radius 1 is 1.44 bits per heavy atom. The summed E-state index contributed by atoms with van der Waals surface area (Å²) in [4.78, 5) is 29.5. The van der Waals surface area contributed by atoms with Crippen LogP contribution in [0.25, 0.3) is 10.9 Å². The van der Waals surface area contributed by atoms with E-state index in [9.17, 15) is 24.9 Å². The predicted octanol–water partition coefficient (Wildman–Crippen LogP) is 1.61. The van der Waals surface area contributed by atoms with Crippen molar-refractivity contribution in [3.05, 3.63) is 39.4 Å². The highest BCUT2D eigenvalue weighted by atomic mass is 35.5. The maximum absolute atomic E-state index is 12.7. The van der Waals surface area contributed by atoms with Crippen LogP contribution >= 0.6 is 11.6 Å². The molecule has 1 aromatic heterocycles. The summed E-state index contributed by atoms with van der Waals surface area (Å²) in [5.74, 6) is 0. The van der Waals surface area contributed by atoms with Crippen LogP contribution < -0.4 is 5.56 Å². The van der Waals surface area contributed by atoms with E-state index < -0.39 is 24.3 Å². The van der Waals surface area contributed by atoms with Gasteiger partial charge in [-0.05, 0) is 43.9 Å². The van der Waals surface area contributed by atoms with Crippen molar-refractivity contribution < 1.29 is 20.1 Å². The van der Waals surface area contributed by atoms with Crippen LogP contribution in [0.2, 0.25) is 5.02 Å². The number of hydrogen-bond acceptors (Lipinski definition) is 5. The SMILES string of the molecule is Cc1cc(Cl)cc2c(=O)n(CC(O)C[C@@H]3[C@@H](O)CCCN3C(=O)O)cnc12. The number of aliphatic hydroxyl groups excluding tert-OH is 2. The Hall–Kier alpha value is -2.16. The maximum Gasteiger partial charge on any atom is 0.407 e. The van der Waals surface area contributed by atoms with E-state index in [2.05, 4.69) is 4.98 Å². The van der Waals surface area contributed by atoms with Gasteiger partial charge in [-0.15, -0.1) is 0 Å². The number of fused-ring (bicyclic) bond motifs is 1. The average Bonchev–Trinajstić information content (AvgIpc) is 2.59. The van der Waals surface area contributed by atoms with Gasteiger partial charge in [-0.3, -0.25) is 9.36 Å². The number of carbonyl (C=O) groups is 1. The van der Waals surface area contributed by atoms with E-state index in [1.54, 1.807) is 12.1 Å². The molecule has 2 heterocycles. The number of nitrogens with zero attached hydrogens (tertiary/aromatic N) is 3. The summed E-state index contributed by atoms with van der Waals surface area (Å²) in [7, 11) is 0. The van der Waals surface area contributed by atoms with Crippen molar-refractivity contribution in [2.75, 3.05) is 6.54 Å². The fourth-order valence-corrected chi connectivity index (χ4v) is 3.95. The van der Waals surface area contributed by atoms with Gasteiger partial charge in [0.25, 0.3) is 5.56 Å². The molecular formula is C18H22ClN3O5. The summed E-state index contributed by atoms with van der Waals surface area (Å²) >= 11 is 6.03. The molecule has 1 amide bonds. The third kappa shape index (κ3) is 4.07. The molecule has 9 heteroatoms. The second-order valence-corrected chi connectivity index (χ2v) is 7.40. The van der Waals surface area contributed by atoms with Crippen LogP contribution in [0, 0.1) is 6.92 Å². The lowest BCUT2D eigenvalue weighted by Gasteiger charge is -2.38. The van der Waals surface area contributed by atoms with Crippen molar-refractivity contribution >= 4 is 28.6 Å². The number of benzene rings is 1. The first-order valence-electron chi connectivity index (χ1n) is 8.79. The zero-order valence-corrected chi connectivity index (χ0v) is 15.6. The van der Waals surface area contributed by atoms with E-state index in [0.29, 0.717) is 35.3 Å². The zero-order chi connectivity index (χ0) is 19.7. The van der Waals surface area contributed by atoms with Crippen LogP contribution in [0.15, 0.2) is 23.3 Å². The van der Waals surface area contributed by atoms with Gasteiger partial charge in [0.05, 0.1) is 42.0 Å². The number of likely N-dealkylation sites (tertiary alicyclic amines) is 1. The minimum absolute atomic E-state index is 0.0342. The van der Waals surface area contributed by atoms with Crippen LogP contribution in [-0.2, 0) is 6.54 Å². The summed E-state index contributed by atoms with van der Waals surface area (Å²) in [5, 5.41) is 30.7. The first kappa shape index (κ1) is 19.6. The van der Waals surface area contributed by atoms with Gasteiger partial charge >= 0.3 is 6.09 Å². The molecule has 3 rings (SSSR count). The quantitative estimate of drug-likeness (QED) is 0.724. The summed E-state index contributed by atoms with van der Waals surface area (Å²) in [5.41, 5.74) is 1.00. The van der Waals surface area contributed by atoms with Crippen molar-refractivity contribution in [1.29, 1.82) is 0 Å². The number of aliphatic hydroxyl groups is 2. The standard InChI is InChI=1S/C18H22ClN3O5/c1-10-5-11(19)6-13-16(10)20-9-21(17(13)25)8-12(23)7-14-15(24)3-2-4-22(14)18(26)27/h5-6,9,12,14-15,23-24H,2-4,7-8H2,1H3,(H,26,27)/t12?,14-,15+/m1/s1. The van der Waals surface area contributed by atoms with Gasteiger partial charge in [0, 0.05) is 11.6 Å². The minimum Gasteiger partial charge on any atom is -0.465 e. The molecule has 0 radical (unpaired) electrons. The van der Waals surface area contributed by atoms with Gasteiger partial charge in [-0.1, -0.05) is 11.6 Å². The molecule has 1 aromatic carbocycles. The monoisotopic (exact) mass is 395 g/mol. The molecule has 0 spiro atoms. The van der Waals surface area contributed by atoms with E-state index in [1.165, 1.54) is 10.9 Å². The molecule has 3 atom stereocenters. The Labute approximate surface area is 160 Å². The normalized spacial score (nSPS) is 21.4. The Morgan fingerprint density at radius 3 is 2.89 bits per heavy atom. The van der Waals surface area contributed by atoms with Gasteiger partial charge < -0.3 is 20.2 Å². The number of halogens is 1. The molecule has 0 saturated carbocycles. The van der Waals surface area contributed by atoms with Crippen molar-refractivity contribution in [3.63, 3.8) is 0 Å². The Kier molecular flexibility index (Phi) is 5.69. The maximum atomic E-state index is 12.7. The number of aryl methyl sites for hydroxylation is 1. The second kappa shape index (κ2) is 7.84. The van der Waals surface area contributed by atoms with Gasteiger partial charge in [0.1, 0.15) is 0 Å². The lowest BCUT2D eigenvalue weighted by Crippen LogP contribution is -2.52. The molecule has 1 fully saturated rings. The molecule has 2 aromatic rings. The van der Waals surface area contributed by atoms with Crippen molar-refractivity contribution in [1.82, 2.24) is 14.5 Å². The molecule has 1 saturated heterocycles. The molecule has 1 aliphatic rings. The highest BCUT2D eigenvalue weighted by Crippen LogP contribution is 2.23. The molecule has 0 aliphatic carbocycles. The smallest absolute Gasteiger partial charge is 0.407 e. The molecular weight excluding hydrogens is 374 g/mol. The Morgan fingerprint density at radius 2 is 2.19 bits per heavy atom. The fourth-order valence-electron chi connectivity index (χ4n) is 3.67. The number of amides is 1. The van der Waals surface area contributed by atoms with Crippen LogP contribution in [0.1, 0.15) is 24.8 Å². The first-order valence-corrected chi connectivity index (χ1v) is 9.16. The largest absolute Gasteiger partial charge is 0.465 e. The Balaban J connectivity index is 1.81. The molecule has 146 valence electrons. The zero-order valence-electron chi connectivity index (χ0n) is 14.9. The van der Waals surface area contributed by atoms with Crippen molar-refractivity contribution in [2.45, 2.75) is 51.0 Å². The lowest BCUT2D eigenvalue weighted by molar-refractivity contribution is -0.00935. The molecule has 8 nitrogen and oxygen atoms in total. The van der Waals surface area contributed by atoms with Gasteiger partial charge in [-0.2, -0.15) is 0 Å². The Bertz CT molecular complexity index is 916. The fraction of sp³-hybridized carbons (Fsp3) is 0.500. The van der Waals surface area contributed by atoms with Crippen LogP contribution in [0.5, 0.6) is 0 Å². The van der Waals surface area contributed by atoms with Gasteiger partial charge in [0.15, 0.2) is 0 Å². The van der Waals surface area contributed by atoms with Gasteiger partial charge in [-0.25, -0.2) is 9.78 Å². The molecule has 0 bridgehead atoms. The first-order chi connectivity index (χ1) is 12.8. The third-order valence-electron chi connectivity index (χ3n) is 4.99. The van der Waals surface area contributed by atoms with Gasteiger partial charge in [0.2, 0.25) is 0 Å². The summed E-state index contributed by atoms with van der Waals surface area (Å²) in [6, 6.07) is 2.56. The highest BCUT2D eigenvalue weighted by molar-refractivity contribution is 6.31. The third-order valence-corrected chi connectivity index (χ3v) is 5.21. The second-order valence-electron chi connectivity index (χ2n) is 6.96. The summed E-state index contributed by atoms with van der Waals surface area (Å²) in [6.07, 6.45) is -0.516. The lowest BCUT2D eigenvalue weighted by atomic mass is 9.94. The van der Waals surface area contributed by atoms with Crippen LogP contribution in [0.4, 0.5) is 4.79 Å². The molecule has 1 unspecified atom stereocenters. The number of hydrogen-bond donors (Lipinski definition) is 3. The van der Waals surface area contributed by atoms with Crippen LogP contribution in [0.3, 0.4) is 0 Å². The number of aromatic nitrogens is 2. The van der Waals surface area contributed by atoms with E-state index in [-0.39, 0.29) is 18.5 Å². The summed E-state index contributed by atoms with van der Waals surface area (Å²) in [6.45, 7) is 2.08. The van der Waals surface area contributed by atoms with E-state index >= 15 is 0 Å². The minimum atomic E-state index is -1.12. The number of rotatable bonds is 4. The van der Waals surface area contributed by atoms with Crippen molar-refractivity contribution in [2.24, 2.45) is 0 Å². The van der Waals surface area contributed by atoms with E-state index in [0.717, 1.165) is 10.5 Å². The van der Waals surface area contributed by atoms with E-state index in [1.807, 2.05) is 6.92 Å². The summed E-state index contributed by atoms with van der Waals surface area (Å²) < 4.78 is 1.28. The highest BCUT2D eigenvalue weighted by Gasteiger charge is 2.34. The molecule has 1 aliphatic heterocycles. The molecule has 27 heavy (non-hydrogen) atoms. The number of carboxylic acid groups (broad SMARTS) is 1. The van der Waals surface area contributed by atoms with Crippen molar-refractivity contribution in [3.8, 4) is 0 Å². The number of piperidine rings is 1. The van der Waals surface area contributed by atoms with Crippen LogP contribution in [-0.4, -0.2) is 60.7 Å². The topological polar surface area (TPSA) is 116 Å². The van der Waals surface area contributed by atoms with E-state index in [4.69, 9.17) is 11.6 Å². The molecule has 3 N–H and O–H groups in total. The predicted molar refractivity (Wildman–Crippen MR) is 100 cm³/mol. The average molecular weight is 396 g/mol.